The number of aliphatic hydroxyl groups is 1. The average molecular weight is 626 g/mol. The number of carbonyl (C=O) groups excluding carboxylic acids is 1. The van der Waals surface area contributed by atoms with Gasteiger partial charge in [0, 0.05) is 9.93 Å². The lowest BCUT2D eigenvalue weighted by Crippen LogP contribution is -2.43. The van der Waals surface area contributed by atoms with E-state index < -0.39 is 50.3 Å². The summed E-state index contributed by atoms with van der Waals surface area (Å²) in [6.45, 7) is 4.37. The second-order valence-corrected chi connectivity index (χ2v) is 11.4. The molecular weight excluding hydrogens is 597 g/mol. The van der Waals surface area contributed by atoms with Crippen LogP contribution in [0.1, 0.15) is 27.0 Å². The number of benzene rings is 1. The van der Waals surface area contributed by atoms with Crippen molar-refractivity contribution in [2.75, 3.05) is 26.1 Å². The predicted octanol–water partition coefficient (Wildman–Crippen LogP) is 3.14. The van der Waals surface area contributed by atoms with Crippen molar-refractivity contribution in [2.45, 2.75) is 50.8 Å². The van der Waals surface area contributed by atoms with E-state index in [0.29, 0.717) is 5.02 Å². The molecule has 3 aromatic rings. The van der Waals surface area contributed by atoms with Crippen LogP contribution in [0.2, 0.25) is 5.02 Å². The molecule has 42 heavy (non-hydrogen) atoms. The number of aromatic nitrogens is 4. The Kier molecular flexibility index (Phi) is 9.43. The van der Waals surface area contributed by atoms with E-state index in [1.54, 1.807) is 6.92 Å². The monoisotopic (exact) mass is 625 g/mol. The van der Waals surface area contributed by atoms with Gasteiger partial charge < -0.3 is 29.6 Å². The summed E-state index contributed by atoms with van der Waals surface area (Å²) < 4.78 is 42.8. The molecule has 1 unspecified atom stereocenters. The fourth-order valence-corrected chi connectivity index (χ4v) is 5.89. The highest BCUT2D eigenvalue weighted by atomic mass is 35.5. The Morgan fingerprint density at radius 3 is 2.76 bits per heavy atom. The van der Waals surface area contributed by atoms with Gasteiger partial charge in [-0.25, -0.2) is 9.55 Å². The minimum absolute atomic E-state index is 0.109. The van der Waals surface area contributed by atoms with Gasteiger partial charge in [0.1, 0.15) is 23.4 Å². The number of hydrogen-bond donors (Lipinski definition) is 3. The zero-order valence-electron chi connectivity index (χ0n) is 22.9. The number of imidazole rings is 1. The SMILES string of the molecule is CCOc1nc(N)nc2c1ncn2[C@@H]1O[C@H](COP(=O)(N[C@@H](C)C(=O)OC)Oc2ccc(Cl)cc2)[C@@H](O)[C@@]1(C)N=[N+]=[N-]. The Balaban J connectivity index is 1.64. The average Bonchev–Trinajstić information content (AvgIpc) is 3.47. The molecule has 1 saturated heterocycles. The summed E-state index contributed by atoms with van der Waals surface area (Å²) in [5.74, 6) is -0.591. The lowest BCUT2D eigenvalue weighted by Gasteiger charge is -2.28. The molecule has 0 radical (unpaired) electrons. The number of nitrogens with zero attached hydrogens (tertiary/aromatic N) is 7. The first kappa shape index (κ1) is 31.3. The number of esters is 1. The molecule has 17 nitrogen and oxygen atoms in total. The van der Waals surface area contributed by atoms with E-state index >= 15 is 0 Å². The fraction of sp³-hybridized carbons (Fsp3) is 0.478. The summed E-state index contributed by atoms with van der Waals surface area (Å²) in [6, 6.07) is 4.81. The van der Waals surface area contributed by atoms with E-state index in [-0.39, 0.29) is 35.3 Å². The smallest absolute Gasteiger partial charge is 0.459 e. The van der Waals surface area contributed by atoms with Gasteiger partial charge in [-0.05, 0) is 50.6 Å². The quantitative estimate of drug-likeness (QED) is 0.0864. The molecule has 226 valence electrons. The van der Waals surface area contributed by atoms with Crippen LogP contribution >= 0.6 is 19.3 Å². The van der Waals surface area contributed by atoms with Crippen molar-refractivity contribution in [3.8, 4) is 11.6 Å². The van der Waals surface area contributed by atoms with Crippen LogP contribution in [0.5, 0.6) is 11.6 Å². The lowest BCUT2D eigenvalue weighted by atomic mass is 9.93. The van der Waals surface area contributed by atoms with E-state index in [9.17, 15) is 20.0 Å². The molecule has 0 aliphatic carbocycles. The summed E-state index contributed by atoms with van der Waals surface area (Å²) in [6.07, 6.45) is -2.53. The molecule has 0 bridgehead atoms. The second kappa shape index (κ2) is 12.7. The first-order chi connectivity index (χ1) is 19.9. The van der Waals surface area contributed by atoms with E-state index in [0.717, 1.165) is 0 Å². The second-order valence-electron chi connectivity index (χ2n) is 9.24. The molecule has 6 atom stereocenters. The van der Waals surface area contributed by atoms with E-state index in [2.05, 4.69) is 30.1 Å². The Morgan fingerprint density at radius 2 is 2.12 bits per heavy atom. The lowest BCUT2D eigenvalue weighted by molar-refractivity contribution is -0.142. The van der Waals surface area contributed by atoms with Gasteiger partial charge in [0.05, 0.1) is 32.8 Å². The highest BCUT2D eigenvalue weighted by molar-refractivity contribution is 7.52. The van der Waals surface area contributed by atoms with Crippen LogP contribution in [-0.2, 0) is 23.4 Å². The van der Waals surface area contributed by atoms with Crippen LogP contribution in [0.3, 0.4) is 0 Å². The minimum Gasteiger partial charge on any atom is -0.476 e. The van der Waals surface area contributed by atoms with Crippen LogP contribution in [0, 0.1) is 0 Å². The number of azide groups is 1. The number of aliphatic hydroxyl groups excluding tert-OH is 1. The van der Waals surface area contributed by atoms with Crippen molar-refractivity contribution in [3.63, 3.8) is 0 Å². The number of nitrogens with one attached hydrogen (secondary N) is 1. The molecule has 0 spiro atoms. The summed E-state index contributed by atoms with van der Waals surface area (Å²) in [7, 11) is -3.15. The minimum atomic E-state index is -4.32. The summed E-state index contributed by atoms with van der Waals surface area (Å²) in [4.78, 5) is 27.5. The van der Waals surface area contributed by atoms with Crippen molar-refractivity contribution in [1.82, 2.24) is 24.6 Å². The number of ether oxygens (including phenoxy) is 3. The van der Waals surface area contributed by atoms with Crippen LogP contribution in [0.15, 0.2) is 35.7 Å². The number of nitrogens with two attached hydrogens (primary N) is 1. The van der Waals surface area contributed by atoms with Gasteiger partial charge in [-0.2, -0.15) is 15.1 Å². The molecule has 1 aliphatic rings. The molecule has 19 heteroatoms. The van der Waals surface area contributed by atoms with Crippen molar-refractivity contribution in [3.05, 3.63) is 46.1 Å². The van der Waals surface area contributed by atoms with Gasteiger partial charge in [-0.3, -0.25) is 13.9 Å². The topological polar surface area (TPSA) is 231 Å². The third kappa shape index (κ3) is 6.37. The molecule has 1 aliphatic heterocycles. The maximum absolute atomic E-state index is 13.8. The van der Waals surface area contributed by atoms with Gasteiger partial charge in [-0.1, -0.05) is 16.7 Å². The Labute approximate surface area is 244 Å². The molecule has 2 aromatic heterocycles. The number of rotatable bonds is 12. The Bertz CT molecular complexity index is 1540. The number of halogens is 1. The summed E-state index contributed by atoms with van der Waals surface area (Å²) in [5.41, 5.74) is 14.0. The largest absolute Gasteiger partial charge is 0.476 e. The first-order valence-electron chi connectivity index (χ1n) is 12.5. The zero-order valence-corrected chi connectivity index (χ0v) is 24.6. The fourth-order valence-electron chi connectivity index (χ4n) is 4.26. The van der Waals surface area contributed by atoms with Crippen molar-refractivity contribution < 1.29 is 37.7 Å². The van der Waals surface area contributed by atoms with Crippen molar-refractivity contribution in [2.24, 2.45) is 5.11 Å². The molecule has 0 saturated carbocycles. The van der Waals surface area contributed by atoms with Crippen molar-refractivity contribution >= 4 is 42.4 Å². The molecule has 1 fully saturated rings. The number of fused-ring (bicyclic) bond motifs is 1. The zero-order chi connectivity index (χ0) is 30.7. The maximum Gasteiger partial charge on any atom is 0.459 e. The summed E-state index contributed by atoms with van der Waals surface area (Å²) >= 11 is 5.93. The predicted molar refractivity (Wildman–Crippen MR) is 149 cm³/mol. The summed E-state index contributed by atoms with van der Waals surface area (Å²) in [5, 5.41) is 18.0. The third-order valence-electron chi connectivity index (χ3n) is 6.31. The van der Waals surface area contributed by atoms with Gasteiger partial charge in [0.2, 0.25) is 11.8 Å². The molecule has 0 amide bonds. The highest BCUT2D eigenvalue weighted by Gasteiger charge is 2.55. The molecular formula is C23H29ClN9O8P. The van der Waals surface area contributed by atoms with E-state index in [4.69, 9.17) is 40.6 Å². The normalized spacial score (nSPS) is 24.0. The Morgan fingerprint density at radius 1 is 1.40 bits per heavy atom. The van der Waals surface area contributed by atoms with E-state index in [1.165, 1.54) is 56.1 Å². The number of anilines is 1. The van der Waals surface area contributed by atoms with Crippen LogP contribution in [0.25, 0.3) is 21.6 Å². The maximum atomic E-state index is 13.8. The number of hydrogen-bond acceptors (Lipinski definition) is 13. The van der Waals surface area contributed by atoms with Crippen LogP contribution < -0.4 is 20.1 Å². The van der Waals surface area contributed by atoms with Crippen LogP contribution in [-0.4, -0.2) is 74.7 Å². The molecule has 1 aromatic carbocycles. The first-order valence-corrected chi connectivity index (χ1v) is 14.4. The third-order valence-corrected chi connectivity index (χ3v) is 8.21. The van der Waals surface area contributed by atoms with Crippen molar-refractivity contribution in [1.29, 1.82) is 0 Å². The van der Waals surface area contributed by atoms with Gasteiger partial charge in [0.15, 0.2) is 17.4 Å². The Hall–Kier alpha value is -3.69. The van der Waals surface area contributed by atoms with Gasteiger partial charge in [0.25, 0.3) is 0 Å². The van der Waals surface area contributed by atoms with Crippen LogP contribution in [0.4, 0.5) is 5.95 Å². The van der Waals surface area contributed by atoms with Gasteiger partial charge >= 0.3 is 13.7 Å². The molecule has 4 N–H and O–H groups in total. The number of carbonyl (C=O) groups is 1. The van der Waals surface area contributed by atoms with Gasteiger partial charge in [-0.15, -0.1) is 0 Å². The highest BCUT2D eigenvalue weighted by Crippen LogP contribution is 2.48. The molecule has 3 heterocycles. The standard InChI is InChI=1S/C23H29ClN9O8P/c1-5-38-19-16-18(28-22(25)29-19)33(11-27-16)21-23(3,31-32-26)17(34)15(40-21)10-39-42(36,30-12(2)20(35)37-4)41-14-8-6-13(24)7-9-14/h6-9,11-12,15,17,21,34H,5,10H2,1-4H3,(H,30,36)(H2,25,28,29)/t12-,15+,17+,21+,23+,42?/m0/s1. The molecule has 4 rings (SSSR count). The van der Waals surface area contributed by atoms with E-state index in [1.807, 2.05) is 0 Å². The number of methoxy groups -OCH3 is 1. The number of nitrogen functional groups attached to an aromatic ring is 1.